The number of sulfonamides is 1. The Morgan fingerprint density at radius 3 is 2.81 bits per heavy atom. The lowest BCUT2D eigenvalue weighted by atomic mass is 9.69. The normalized spacial score (nSPS) is 36.3. The first kappa shape index (κ1) is 16.8. The Morgan fingerprint density at radius 2 is 2.04 bits per heavy atom. The summed E-state index contributed by atoms with van der Waals surface area (Å²) < 4.78 is 27.6. The van der Waals surface area contributed by atoms with Gasteiger partial charge in [-0.05, 0) is 48.6 Å². The molecule has 0 aromatic heterocycles. The predicted octanol–water partition coefficient (Wildman–Crippen LogP) is 2.42. The molecule has 2 aliphatic heterocycles. The van der Waals surface area contributed by atoms with Gasteiger partial charge in [-0.2, -0.15) is 4.31 Å². The molecule has 4 aliphatic rings. The molecule has 6 heteroatoms. The number of fused-ring (bicyclic) bond motifs is 2. The highest BCUT2D eigenvalue weighted by Gasteiger charge is 2.71. The van der Waals surface area contributed by atoms with Gasteiger partial charge in [-0.25, -0.2) is 8.42 Å². The van der Waals surface area contributed by atoms with E-state index in [0.717, 1.165) is 31.4 Å². The van der Waals surface area contributed by atoms with E-state index in [1.165, 1.54) is 5.56 Å². The summed E-state index contributed by atoms with van der Waals surface area (Å²) in [5.74, 6) is 0.710. The van der Waals surface area contributed by atoms with E-state index in [2.05, 4.69) is 13.8 Å². The summed E-state index contributed by atoms with van der Waals surface area (Å²) >= 11 is 0. The molecule has 140 valence electrons. The SMILES string of the molecule is CC1(C)[C@@H]2CC[C@]13CS(=O)(=O)N(CC(=O)N1CCc4ccccc41)[C@@H]3C2. The molecule has 5 rings (SSSR count). The van der Waals surface area contributed by atoms with Crippen LogP contribution in [0, 0.1) is 16.7 Å². The number of carbonyl (C=O) groups is 1. The first-order chi connectivity index (χ1) is 12.3. The molecule has 1 spiro atoms. The lowest BCUT2D eigenvalue weighted by molar-refractivity contribution is -0.119. The van der Waals surface area contributed by atoms with Crippen molar-refractivity contribution in [1.82, 2.24) is 4.31 Å². The summed E-state index contributed by atoms with van der Waals surface area (Å²) in [5.41, 5.74) is 1.99. The van der Waals surface area contributed by atoms with Crippen LogP contribution in [0.2, 0.25) is 0 Å². The minimum atomic E-state index is -3.38. The van der Waals surface area contributed by atoms with Gasteiger partial charge in [-0.1, -0.05) is 32.0 Å². The third kappa shape index (κ3) is 1.95. The molecule has 1 amide bonds. The van der Waals surface area contributed by atoms with Gasteiger partial charge in [0.2, 0.25) is 15.9 Å². The minimum Gasteiger partial charge on any atom is -0.311 e. The van der Waals surface area contributed by atoms with E-state index in [0.29, 0.717) is 12.5 Å². The summed E-state index contributed by atoms with van der Waals surface area (Å²) in [4.78, 5) is 14.8. The van der Waals surface area contributed by atoms with Crippen LogP contribution in [0.1, 0.15) is 38.7 Å². The van der Waals surface area contributed by atoms with Crippen LogP contribution in [0.4, 0.5) is 5.69 Å². The zero-order valence-electron chi connectivity index (χ0n) is 15.4. The largest absolute Gasteiger partial charge is 0.311 e. The van der Waals surface area contributed by atoms with Crippen molar-refractivity contribution in [3.05, 3.63) is 29.8 Å². The topological polar surface area (TPSA) is 57.7 Å². The molecule has 2 heterocycles. The summed E-state index contributed by atoms with van der Waals surface area (Å²) in [6.07, 6.45) is 3.86. The van der Waals surface area contributed by atoms with Crippen LogP contribution in [0.3, 0.4) is 0 Å². The van der Waals surface area contributed by atoms with Crippen molar-refractivity contribution in [3.63, 3.8) is 0 Å². The Balaban J connectivity index is 1.44. The highest BCUT2D eigenvalue weighted by Crippen LogP contribution is 2.69. The van der Waals surface area contributed by atoms with Crippen LogP contribution >= 0.6 is 0 Å². The van der Waals surface area contributed by atoms with Gasteiger partial charge in [0, 0.05) is 23.7 Å². The molecular formula is C20H26N2O3S. The van der Waals surface area contributed by atoms with Crippen molar-refractivity contribution in [2.45, 2.75) is 45.6 Å². The third-order valence-corrected chi connectivity index (χ3v) is 9.99. The number of amides is 1. The van der Waals surface area contributed by atoms with Gasteiger partial charge in [0.1, 0.15) is 0 Å². The van der Waals surface area contributed by atoms with E-state index < -0.39 is 10.0 Å². The monoisotopic (exact) mass is 374 g/mol. The molecular weight excluding hydrogens is 348 g/mol. The first-order valence-corrected chi connectivity index (χ1v) is 11.2. The van der Waals surface area contributed by atoms with E-state index in [9.17, 15) is 13.2 Å². The molecule has 2 saturated carbocycles. The number of nitrogens with zero attached hydrogens (tertiary/aromatic N) is 2. The number of rotatable bonds is 2. The smallest absolute Gasteiger partial charge is 0.242 e. The van der Waals surface area contributed by atoms with Crippen molar-refractivity contribution in [1.29, 1.82) is 0 Å². The van der Waals surface area contributed by atoms with E-state index in [-0.39, 0.29) is 35.1 Å². The average molecular weight is 375 g/mol. The molecule has 0 unspecified atom stereocenters. The Kier molecular flexibility index (Phi) is 3.29. The molecule has 2 aliphatic carbocycles. The van der Waals surface area contributed by atoms with E-state index in [1.807, 2.05) is 24.3 Å². The molecule has 1 aromatic carbocycles. The van der Waals surface area contributed by atoms with Gasteiger partial charge in [0.15, 0.2) is 0 Å². The average Bonchev–Trinajstić information content (AvgIpc) is 3.24. The Morgan fingerprint density at radius 1 is 1.27 bits per heavy atom. The van der Waals surface area contributed by atoms with Gasteiger partial charge in [0.25, 0.3) is 0 Å². The van der Waals surface area contributed by atoms with Crippen LogP contribution in [0.15, 0.2) is 24.3 Å². The highest BCUT2D eigenvalue weighted by atomic mass is 32.2. The summed E-state index contributed by atoms with van der Waals surface area (Å²) in [6, 6.07) is 7.93. The van der Waals surface area contributed by atoms with Crippen LogP contribution < -0.4 is 4.90 Å². The Bertz CT molecular complexity index is 894. The van der Waals surface area contributed by atoms with E-state index in [4.69, 9.17) is 0 Å². The zero-order chi connectivity index (χ0) is 18.3. The second-order valence-electron chi connectivity index (χ2n) is 9.09. The maximum absolute atomic E-state index is 13.0. The van der Waals surface area contributed by atoms with Gasteiger partial charge in [-0.3, -0.25) is 4.79 Å². The minimum absolute atomic E-state index is 0.00282. The van der Waals surface area contributed by atoms with Crippen LogP contribution in [-0.4, -0.2) is 43.5 Å². The van der Waals surface area contributed by atoms with Crippen molar-refractivity contribution < 1.29 is 13.2 Å². The molecule has 1 aromatic rings. The maximum Gasteiger partial charge on any atom is 0.242 e. The standard InChI is InChI=1S/C20H26N2O3S/c1-19(2)15-7-9-20(19)13-26(24,25)22(17(20)11-15)12-18(23)21-10-8-14-5-3-4-6-16(14)21/h3-6,15,17H,7-13H2,1-2H3/t15-,17-,20-/m1/s1. The maximum atomic E-state index is 13.0. The number of hydrogen-bond acceptors (Lipinski definition) is 3. The zero-order valence-corrected chi connectivity index (χ0v) is 16.3. The summed E-state index contributed by atoms with van der Waals surface area (Å²) in [5, 5.41) is 0. The molecule has 26 heavy (non-hydrogen) atoms. The lowest BCUT2D eigenvalue weighted by Crippen LogP contribution is -2.46. The Labute approximate surface area is 155 Å². The van der Waals surface area contributed by atoms with Gasteiger partial charge >= 0.3 is 0 Å². The molecule has 0 N–H and O–H groups in total. The summed E-state index contributed by atoms with van der Waals surface area (Å²) in [7, 11) is -3.38. The predicted molar refractivity (Wildman–Crippen MR) is 100 cm³/mol. The van der Waals surface area contributed by atoms with Crippen LogP contribution in [0.5, 0.6) is 0 Å². The summed E-state index contributed by atoms with van der Waals surface area (Å²) in [6.45, 7) is 5.12. The molecule has 3 atom stereocenters. The van der Waals surface area contributed by atoms with Crippen molar-refractivity contribution in [2.24, 2.45) is 16.7 Å². The van der Waals surface area contributed by atoms with Crippen LogP contribution in [0.25, 0.3) is 0 Å². The van der Waals surface area contributed by atoms with Crippen molar-refractivity contribution in [2.75, 3.05) is 23.7 Å². The van der Waals surface area contributed by atoms with E-state index in [1.54, 1.807) is 9.21 Å². The molecule has 1 saturated heterocycles. The van der Waals surface area contributed by atoms with Gasteiger partial charge in [0.05, 0.1) is 12.3 Å². The Hall–Kier alpha value is -1.40. The fourth-order valence-corrected chi connectivity index (χ4v) is 8.91. The van der Waals surface area contributed by atoms with E-state index >= 15 is 0 Å². The number of benzene rings is 1. The van der Waals surface area contributed by atoms with Crippen molar-refractivity contribution >= 4 is 21.6 Å². The quantitative estimate of drug-likeness (QED) is 0.799. The fourth-order valence-electron chi connectivity index (χ4n) is 6.40. The molecule has 3 fully saturated rings. The van der Waals surface area contributed by atoms with Crippen molar-refractivity contribution in [3.8, 4) is 0 Å². The first-order valence-electron chi connectivity index (χ1n) is 9.64. The highest BCUT2D eigenvalue weighted by molar-refractivity contribution is 7.89. The third-order valence-electron chi connectivity index (χ3n) is 8.01. The molecule has 5 nitrogen and oxygen atoms in total. The number of anilines is 1. The molecule has 0 radical (unpaired) electrons. The lowest BCUT2D eigenvalue weighted by Gasteiger charge is -2.37. The van der Waals surface area contributed by atoms with Gasteiger partial charge in [-0.15, -0.1) is 0 Å². The number of hydrogen-bond donors (Lipinski definition) is 0. The second kappa shape index (κ2) is 5.10. The number of para-hydroxylation sites is 1. The van der Waals surface area contributed by atoms with Gasteiger partial charge < -0.3 is 4.90 Å². The second-order valence-corrected chi connectivity index (χ2v) is 11.0. The number of carbonyl (C=O) groups excluding carboxylic acids is 1. The molecule has 2 bridgehead atoms. The van der Waals surface area contributed by atoms with Crippen LogP contribution in [-0.2, 0) is 21.2 Å². The fraction of sp³-hybridized carbons (Fsp3) is 0.650.